The van der Waals surface area contributed by atoms with E-state index >= 15 is 0 Å². The number of carboxylic acid groups (broad SMARTS) is 2. The summed E-state index contributed by atoms with van der Waals surface area (Å²) in [5, 5.41) is 246. The standard InChI is InChI=1S/C89H159N3O39/c1-6-8-10-12-14-16-18-20-21-22-23-24-25-27-29-31-33-35-37-39-64(107)92-54(55(102)38-36-34-32-30-28-26-19-17-15-13-11-9-7-2)49-120-83-72(113)71(112)76(62(47-97)123-83)126-85-74(115)81(131-89(87(118)119)42-57(104)66(91-52(5)101)79(129-89)68(109)59(106)44-94)77(63(48-98)124-85)127-82-53(40-50(3)99)75(69(110)60(45-95)121-82)125-84-73(114)80(70(111)61(46-96)122-84)130-88(86(116)117)41-56(103)65(90-51(4)100)78(128-88)67(108)58(105)43-93/h53-63,65-85,93-98,102-106,108-115H,6-49H2,1-5H3,(H,90,100)(H,91,101)(H,92,107)(H,116,117)(H,118,119)/t53-,54+,55-,56+,57+,58-,59-,60-,61-,62-,63-,65-,66-,67-,68-,69+,70+,71-,72-,73-,74-,75-,76-,77+,78?,79?,80+,81-,82+,83-,84+,85+,88+,89+/m1/s1. The molecule has 0 aromatic heterocycles. The molecule has 6 aliphatic heterocycles. The second-order valence-corrected chi connectivity index (χ2v) is 36.4. The number of Topliss-reactive ketones (excluding diaryl/α,β-unsaturated/α-hetero) is 1. The van der Waals surface area contributed by atoms with Crippen LogP contribution < -0.4 is 16.0 Å². The van der Waals surface area contributed by atoms with Crippen LogP contribution in [0.1, 0.15) is 272 Å². The lowest BCUT2D eigenvalue weighted by atomic mass is 9.86. The molecule has 0 aromatic carbocycles. The van der Waals surface area contributed by atoms with Crippen molar-refractivity contribution in [2.45, 2.75) is 474 Å². The van der Waals surface area contributed by atoms with E-state index in [1.807, 2.05) is 0 Å². The van der Waals surface area contributed by atoms with Gasteiger partial charge in [0.05, 0.1) is 88.8 Å². The first kappa shape index (κ1) is 115. The van der Waals surface area contributed by atoms with Crippen molar-refractivity contribution in [1.82, 2.24) is 16.0 Å². The number of carbonyl (C=O) groups excluding carboxylic acids is 4. The van der Waals surface area contributed by atoms with Crippen molar-refractivity contribution in [2.75, 3.05) is 46.2 Å². The van der Waals surface area contributed by atoms with Crippen LogP contribution in [0.25, 0.3) is 0 Å². The fourth-order valence-electron chi connectivity index (χ4n) is 18.2. The minimum atomic E-state index is -3.48. The number of nitrogens with one attached hydrogen (secondary N) is 3. The zero-order valence-corrected chi connectivity index (χ0v) is 76.8. The normalized spacial score (nSPS) is 34.4. The maximum absolute atomic E-state index is 14.1. The Labute approximate surface area is 766 Å². The molecule has 0 radical (unpaired) electrons. The fraction of sp³-hybridized carbons (Fsp3) is 0.933. The lowest BCUT2D eigenvalue weighted by Crippen LogP contribution is -2.71. The van der Waals surface area contributed by atoms with Crippen LogP contribution in [-0.2, 0) is 85.6 Å². The third kappa shape index (κ3) is 35.0. The Kier molecular flexibility index (Phi) is 52.8. The van der Waals surface area contributed by atoms with Gasteiger partial charge in [-0.2, -0.15) is 0 Å². The molecule has 0 aromatic rings. The lowest BCUT2D eigenvalue weighted by Gasteiger charge is -2.53. The van der Waals surface area contributed by atoms with Crippen LogP contribution in [0.15, 0.2) is 0 Å². The molecule has 0 aliphatic carbocycles. The summed E-state index contributed by atoms with van der Waals surface area (Å²) in [5.74, 6) is -16.0. The first-order valence-electron chi connectivity index (χ1n) is 47.8. The minimum absolute atomic E-state index is 0.123. The van der Waals surface area contributed by atoms with Gasteiger partial charge in [-0.1, -0.05) is 213 Å². The van der Waals surface area contributed by atoms with Gasteiger partial charge in [-0.25, -0.2) is 9.59 Å². The Morgan fingerprint density at radius 2 is 0.740 bits per heavy atom. The first-order valence-corrected chi connectivity index (χ1v) is 47.8. The second-order valence-electron chi connectivity index (χ2n) is 36.4. The minimum Gasteiger partial charge on any atom is -0.477 e. The lowest BCUT2D eigenvalue weighted by molar-refractivity contribution is -0.408. The molecule has 3 amide bonds. The topological polar surface area (TPSA) is 674 Å². The quantitative estimate of drug-likeness (QED) is 0.0325. The van der Waals surface area contributed by atoms with Gasteiger partial charge in [-0.15, -0.1) is 0 Å². The maximum Gasteiger partial charge on any atom is 0.364 e. The van der Waals surface area contributed by atoms with Gasteiger partial charge >= 0.3 is 11.9 Å². The number of aliphatic hydroxyl groups excluding tert-OH is 19. The van der Waals surface area contributed by atoms with Crippen molar-refractivity contribution in [1.29, 1.82) is 0 Å². The molecule has 0 saturated carbocycles. The van der Waals surface area contributed by atoms with E-state index in [1.54, 1.807) is 0 Å². The molecule has 6 aliphatic rings. The number of hydrogen-bond donors (Lipinski definition) is 24. The molecule has 42 nitrogen and oxygen atoms in total. The van der Waals surface area contributed by atoms with E-state index in [9.17, 15) is 136 Å². The third-order valence-corrected chi connectivity index (χ3v) is 25.7. The summed E-state index contributed by atoms with van der Waals surface area (Å²) < 4.78 is 72.9. The molecule has 2 unspecified atom stereocenters. The molecule has 6 fully saturated rings. The number of hydrogen-bond acceptors (Lipinski definition) is 37. The Balaban J connectivity index is 1.26. The highest BCUT2D eigenvalue weighted by Gasteiger charge is 2.64. The van der Waals surface area contributed by atoms with Crippen molar-refractivity contribution in [2.24, 2.45) is 5.92 Å². The molecule has 42 heteroatoms. The molecule has 6 saturated heterocycles. The van der Waals surface area contributed by atoms with Gasteiger partial charge in [-0.05, 0) is 19.8 Å². The summed E-state index contributed by atoms with van der Waals surface area (Å²) in [7, 11) is 0. The molecule has 6 rings (SSSR count). The average Bonchev–Trinajstić information content (AvgIpc) is 0.752. The summed E-state index contributed by atoms with van der Waals surface area (Å²) in [4.78, 5) is 79.9. The van der Waals surface area contributed by atoms with E-state index in [0.717, 1.165) is 85.0 Å². The number of ether oxygens (including phenoxy) is 12. The van der Waals surface area contributed by atoms with Gasteiger partial charge in [0.25, 0.3) is 11.6 Å². The van der Waals surface area contributed by atoms with Crippen molar-refractivity contribution < 1.29 is 193 Å². The van der Waals surface area contributed by atoms with Crippen LogP contribution in [0.5, 0.6) is 0 Å². The molecule has 0 spiro atoms. The summed E-state index contributed by atoms with van der Waals surface area (Å²) in [6, 6.07) is -4.68. The number of rotatable bonds is 65. The average molecular weight is 1900 g/mol. The molecule has 131 heavy (non-hydrogen) atoms. The van der Waals surface area contributed by atoms with Crippen LogP contribution in [0.2, 0.25) is 0 Å². The van der Waals surface area contributed by atoms with Crippen LogP contribution in [0.4, 0.5) is 0 Å². The number of ketones is 1. The molecule has 24 N–H and O–H groups in total. The van der Waals surface area contributed by atoms with E-state index in [2.05, 4.69) is 29.8 Å². The number of amides is 3. The molecule has 0 bridgehead atoms. The Morgan fingerprint density at radius 3 is 1.14 bits per heavy atom. The zero-order valence-electron chi connectivity index (χ0n) is 76.8. The predicted molar refractivity (Wildman–Crippen MR) is 460 cm³/mol. The third-order valence-electron chi connectivity index (χ3n) is 25.7. The smallest absolute Gasteiger partial charge is 0.364 e. The van der Waals surface area contributed by atoms with Gasteiger partial charge in [0.2, 0.25) is 17.7 Å². The summed E-state index contributed by atoms with van der Waals surface area (Å²) in [6.07, 6.45) is -28.5. The Hall–Kier alpha value is -4.22. The Bertz CT molecular complexity index is 3220. The van der Waals surface area contributed by atoms with E-state index in [4.69, 9.17) is 56.8 Å². The van der Waals surface area contributed by atoms with E-state index in [0.29, 0.717) is 12.8 Å². The number of unbranched alkanes of at least 4 members (excludes halogenated alkanes) is 30. The van der Waals surface area contributed by atoms with Crippen LogP contribution in [-0.4, -0.2) is 390 Å². The number of carbonyl (C=O) groups is 6. The van der Waals surface area contributed by atoms with Crippen LogP contribution in [0, 0.1) is 5.92 Å². The Morgan fingerprint density at radius 1 is 0.389 bits per heavy atom. The summed E-state index contributed by atoms with van der Waals surface area (Å²) >= 11 is 0. The maximum atomic E-state index is 14.1. The van der Waals surface area contributed by atoms with Gasteiger partial charge < -0.3 is 185 Å². The number of aliphatic carboxylic acids is 2. The highest BCUT2D eigenvalue weighted by atomic mass is 16.8. The first-order chi connectivity index (χ1) is 62.6. The molecule has 34 atom stereocenters. The highest BCUT2D eigenvalue weighted by Crippen LogP contribution is 2.45. The van der Waals surface area contributed by atoms with Crippen molar-refractivity contribution in [3.05, 3.63) is 0 Å². The number of carboxylic acids is 2. The molecule has 6 heterocycles. The van der Waals surface area contributed by atoms with Crippen molar-refractivity contribution in [3.8, 4) is 0 Å². The monoisotopic (exact) mass is 1890 g/mol. The second kappa shape index (κ2) is 59.9. The van der Waals surface area contributed by atoms with Gasteiger partial charge in [0.15, 0.2) is 25.2 Å². The van der Waals surface area contributed by atoms with E-state index in [1.165, 1.54) is 128 Å². The SMILES string of the molecule is CCCCCCCCCCCCCCCCCCCCCC(=O)N[C@@H](CO[C@@H]1O[C@H](CO)[C@@H](O[C@@H]2O[C@H](CO)[C@H](O[C@@H]3O[C@H](CO)[C@H](O)[C@H](O[C@@H]4O[C@H](CO)[C@H](O)[C@H](O[C@]5(C(=O)O)C[C@H](O)[C@@H](NC(C)=O)C([C@H](O)[C@H](O)CO)O5)[C@H]4O)[C@H]3CC(C)=O)[C@H](O[C@]3(C(=O)O)C[C@H](O)[C@@H](NC(C)=O)C([C@H](O)[C@H](O)CO)O3)[C@H]2O)[C@H](O)[C@H]1O)[C@H](O)CCCCCCCCCCCCCCC. The highest BCUT2D eigenvalue weighted by molar-refractivity contribution is 5.78. The van der Waals surface area contributed by atoms with E-state index < -0.39 is 302 Å². The summed E-state index contributed by atoms with van der Waals surface area (Å²) in [5.41, 5.74) is 0. The van der Waals surface area contributed by atoms with E-state index in [-0.39, 0.29) is 18.7 Å². The fourth-order valence-corrected chi connectivity index (χ4v) is 18.2. The van der Waals surface area contributed by atoms with Crippen molar-refractivity contribution >= 4 is 35.4 Å². The van der Waals surface area contributed by atoms with Crippen molar-refractivity contribution in [3.63, 3.8) is 0 Å². The summed E-state index contributed by atoms with van der Waals surface area (Å²) in [6.45, 7) is -0.512. The predicted octanol–water partition coefficient (Wildman–Crippen LogP) is -0.994. The van der Waals surface area contributed by atoms with Gasteiger partial charge in [0, 0.05) is 45.4 Å². The molecular weight excluding hydrogens is 1730 g/mol. The van der Waals surface area contributed by atoms with Crippen LogP contribution in [0.3, 0.4) is 0 Å². The zero-order chi connectivity index (χ0) is 96.7. The van der Waals surface area contributed by atoms with Gasteiger partial charge in [-0.3, -0.25) is 14.4 Å². The molecular formula is C89H159N3O39. The van der Waals surface area contributed by atoms with Gasteiger partial charge in [0.1, 0.15) is 128 Å². The largest absolute Gasteiger partial charge is 0.477 e. The molecule has 764 valence electrons. The number of aliphatic hydroxyl groups is 19. The van der Waals surface area contributed by atoms with Crippen LogP contribution >= 0.6 is 0 Å².